The Balaban J connectivity index is 2.40. The van der Waals surface area contributed by atoms with Crippen molar-refractivity contribution < 1.29 is 9.90 Å². The van der Waals surface area contributed by atoms with Gasteiger partial charge in [-0.3, -0.25) is 9.48 Å². The van der Waals surface area contributed by atoms with E-state index in [1.54, 1.807) is 9.58 Å². The fraction of sp³-hybridized carbons (Fsp3) is 0.600. The molecule has 1 aromatic rings. The average Bonchev–Trinajstić information content (AvgIpc) is 2.63. The number of aromatic hydroxyl groups is 1. The Kier molecular flexibility index (Phi) is 4.15. The lowest BCUT2D eigenvalue weighted by Gasteiger charge is -2.18. The largest absolute Gasteiger partial charge is 0.505 e. The summed E-state index contributed by atoms with van der Waals surface area (Å²) in [6.45, 7) is 5.90. The van der Waals surface area contributed by atoms with Crippen LogP contribution in [0.1, 0.15) is 20.3 Å². The Hall–Kier alpha value is -1.52. The van der Waals surface area contributed by atoms with Crippen LogP contribution in [0.25, 0.3) is 0 Å². The summed E-state index contributed by atoms with van der Waals surface area (Å²) >= 11 is 0. The smallest absolute Gasteiger partial charge is 0.224 e. The minimum Gasteiger partial charge on any atom is -0.505 e. The number of amides is 1. The molecule has 5 nitrogen and oxygen atoms in total. The van der Waals surface area contributed by atoms with Gasteiger partial charge >= 0.3 is 0 Å². The van der Waals surface area contributed by atoms with Crippen molar-refractivity contribution in [2.24, 2.45) is 0 Å². The third-order valence-corrected chi connectivity index (χ3v) is 2.29. The minimum absolute atomic E-state index is 0.120. The van der Waals surface area contributed by atoms with Gasteiger partial charge in [-0.1, -0.05) is 0 Å². The van der Waals surface area contributed by atoms with E-state index < -0.39 is 0 Å². The van der Waals surface area contributed by atoms with Crippen LogP contribution in [-0.2, 0) is 11.3 Å². The van der Waals surface area contributed by atoms with Crippen LogP contribution in [0.3, 0.4) is 0 Å². The molecule has 1 amide bonds. The molecule has 1 heterocycles. The van der Waals surface area contributed by atoms with Gasteiger partial charge in [0.25, 0.3) is 0 Å². The first-order valence-corrected chi connectivity index (χ1v) is 5.16. The fourth-order valence-corrected chi connectivity index (χ4v) is 1.42. The molecular formula is C10H17N3O2. The van der Waals surface area contributed by atoms with Crippen molar-refractivity contribution in [3.05, 3.63) is 12.4 Å². The van der Waals surface area contributed by atoms with Gasteiger partial charge in [0.15, 0.2) is 5.75 Å². The van der Waals surface area contributed by atoms with Crippen molar-refractivity contribution in [2.75, 3.05) is 13.1 Å². The molecule has 1 N–H and O–H groups in total. The van der Waals surface area contributed by atoms with Crippen LogP contribution in [0, 0.1) is 0 Å². The summed E-state index contributed by atoms with van der Waals surface area (Å²) in [4.78, 5) is 13.4. The molecule has 84 valence electrons. The maximum absolute atomic E-state index is 11.6. The lowest BCUT2D eigenvalue weighted by Crippen LogP contribution is -2.31. The van der Waals surface area contributed by atoms with Crippen molar-refractivity contribution in [1.29, 1.82) is 0 Å². The van der Waals surface area contributed by atoms with Crippen LogP contribution in [0.2, 0.25) is 0 Å². The third-order valence-electron chi connectivity index (χ3n) is 2.29. The molecule has 0 atom stereocenters. The monoisotopic (exact) mass is 211 g/mol. The van der Waals surface area contributed by atoms with Crippen LogP contribution in [0.4, 0.5) is 0 Å². The normalized spacial score (nSPS) is 10.3. The van der Waals surface area contributed by atoms with E-state index in [2.05, 4.69) is 5.10 Å². The van der Waals surface area contributed by atoms with Crippen molar-refractivity contribution in [3.63, 3.8) is 0 Å². The van der Waals surface area contributed by atoms with Gasteiger partial charge in [-0.05, 0) is 13.8 Å². The van der Waals surface area contributed by atoms with Crippen molar-refractivity contribution in [3.8, 4) is 5.75 Å². The van der Waals surface area contributed by atoms with Gasteiger partial charge in [0.2, 0.25) is 5.91 Å². The SMILES string of the molecule is CCN(CC)C(=O)CCn1cc(O)cn1. The first-order chi connectivity index (χ1) is 7.17. The molecule has 15 heavy (non-hydrogen) atoms. The number of carbonyl (C=O) groups is 1. The second-order valence-corrected chi connectivity index (χ2v) is 3.28. The number of hydrogen-bond donors (Lipinski definition) is 1. The van der Waals surface area contributed by atoms with Crippen molar-refractivity contribution in [2.45, 2.75) is 26.8 Å². The number of aromatic nitrogens is 2. The van der Waals surface area contributed by atoms with Crippen LogP contribution in [0.5, 0.6) is 5.75 Å². The number of carbonyl (C=O) groups excluding carboxylic acids is 1. The van der Waals surface area contributed by atoms with E-state index >= 15 is 0 Å². The summed E-state index contributed by atoms with van der Waals surface area (Å²) in [5, 5.41) is 12.9. The lowest BCUT2D eigenvalue weighted by atomic mass is 10.3. The van der Waals surface area contributed by atoms with Gasteiger partial charge in [0, 0.05) is 26.1 Å². The van der Waals surface area contributed by atoms with E-state index in [1.807, 2.05) is 13.8 Å². The molecule has 0 radical (unpaired) electrons. The van der Waals surface area contributed by atoms with Crippen LogP contribution >= 0.6 is 0 Å². The number of nitrogens with zero attached hydrogens (tertiary/aromatic N) is 3. The zero-order valence-electron chi connectivity index (χ0n) is 9.18. The van der Waals surface area contributed by atoms with Crippen molar-refractivity contribution in [1.82, 2.24) is 14.7 Å². The molecule has 0 aliphatic heterocycles. The zero-order valence-corrected chi connectivity index (χ0v) is 9.18. The fourth-order valence-electron chi connectivity index (χ4n) is 1.42. The van der Waals surface area contributed by atoms with E-state index in [1.165, 1.54) is 12.4 Å². The van der Waals surface area contributed by atoms with Gasteiger partial charge in [-0.2, -0.15) is 5.10 Å². The second-order valence-electron chi connectivity index (χ2n) is 3.28. The highest BCUT2D eigenvalue weighted by Crippen LogP contribution is 2.05. The number of aryl methyl sites for hydroxylation is 1. The van der Waals surface area contributed by atoms with Crippen molar-refractivity contribution >= 4 is 5.91 Å². The standard InChI is InChI=1S/C10H17N3O2/c1-3-12(4-2)10(15)5-6-13-8-9(14)7-11-13/h7-8,14H,3-6H2,1-2H3. The topological polar surface area (TPSA) is 58.4 Å². The summed E-state index contributed by atoms with van der Waals surface area (Å²) < 4.78 is 1.57. The summed E-state index contributed by atoms with van der Waals surface area (Å²) in [6.07, 6.45) is 3.29. The summed E-state index contributed by atoms with van der Waals surface area (Å²) in [5.74, 6) is 0.250. The van der Waals surface area contributed by atoms with Gasteiger partial charge in [-0.25, -0.2) is 0 Å². The van der Waals surface area contributed by atoms with Crippen LogP contribution in [-0.4, -0.2) is 38.8 Å². The summed E-state index contributed by atoms with van der Waals surface area (Å²) in [7, 11) is 0. The molecule has 0 aliphatic rings. The minimum atomic E-state index is 0.120. The van der Waals surface area contributed by atoms with Gasteiger partial charge in [-0.15, -0.1) is 0 Å². The van der Waals surface area contributed by atoms with Gasteiger partial charge in [0.1, 0.15) is 0 Å². The average molecular weight is 211 g/mol. The number of rotatable bonds is 5. The molecule has 0 saturated carbocycles. The predicted octanol–water partition coefficient (Wildman–Crippen LogP) is 0.847. The molecule has 0 fully saturated rings. The Bertz CT molecular complexity index is 318. The first-order valence-electron chi connectivity index (χ1n) is 5.16. The maximum Gasteiger partial charge on any atom is 0.224 e. The van der Waals surface area contributed by atoms with E-state index in [-0.39, 0.29) is 11.7 Å². The molecular weight excluding hydrogens is 194 g/mol. The molecule has 0 unspecified atom stereocenters. The Morgan fingerprint density at radius 3 is 2.67 bits per heavy atom. The molecule has 0 aliphatic carbocycles. The Morgan fingerprint density at radius 2 is 2.20 bits per heavy atom. The Morgan fingerprint density at radius 1 is 1.53 bits per heavy atom. The molecule has 0 spiro atoms. The van der Waals surface area contributed by atoms with Gasteiger partial charge < -0.3 is 10.0 Å². The highest BCUT2D eigenvalue weighted by atomic mass is 16.3. The summed E-state index contributed by atoms with van der Waals surface area (Å²) in [6, 6.07) is 0. The molecule has 0 bridgehead atoms. The van der Waals surface area contributed by atoms with E-state index in [9.17, 15) is 4.79 Å². The van der Waals surface area contributed by atoms with E-state index in [4.69, 9.17) is 5.11 Å². The quantitative estimate of drug-likeness (QED) is 0.785. The lowest BCUT2D eigenvalue weighted by molar-refractivity contribution is -0.131. The molecule has 1 rings (SSSR count). The van der Waals surface area contributed by atoms with E-state index in [0.717, 1.165) is 13.1 Å². The predicted molar refractivity (Wildman–Crippen MR) is 56.4 cm³/mol. The highest BCUT2D eigenvalue weighted by Gasteiger charge is 2.09. The van der Waals surface area contributed by atoms with Gasteiger partial charge in [0.05, 0.1) is 12.4 Å². The molecule has 1 aromatic heterocycles. The molecule has 0 saturated heterocycles. The van der Waals surface area contributed by atoms with E-state index in [0.29, 0.717) is 13.0 Å². The van der Waals surface area contributed by atoms with Crippen LogP contribution < -0.4 is 0 Å². The zero-order chi connectivity index (χ0) is 11.3. The highest BCUT2D eigenvalue weighted by molar-refractivity contribution is 5.75. The number of hydrogen-bond acceptors (Lipinski definition) is 3. The summed E-state index contributed by atoms with van der Waals surface area (Å²) in [5.41, 5.74) is 0. The third kappa shape index (κ3) is 3.27. The van der Waals surface area contributed by atoms with Crippen LogP contribution in [0.15, 0.2) is 12.4 Å². The second kappa shape index (κ2) is 5.38. The molecule has 0 aromatic carbocycles. The molecule has 5 heteroatoms. The Labute approximate surface area is 89.3 Å². The maximum atomic E-state index is 11.6. The first kappa shape index (κ1) is 11.6.